The Morgan fingerprint density at radius 2 is 1.27 bits per heavy atom. The number of benzene rings is 2. The molecule has 0 aliphatic carbocycles. The lowest BCUT2D eigenvalue weighted by molar-refractivity contribution is -0.144. The molecule has 466 valence electrons. The predicted octanol–water partition coefficient (Wildman–Crippen LogP) is 4.62. The van der Waals surface area contributed by atoms with Crippen molar-refractivity contribution in [1.82, 2.24) is 44.2 Å². The van der Waals surface area contributed by atoms with Crippen LogP contribution >= 0.6 is 11.6 Å². The van der Waals surface area contributed by atoms with Gasteiger partial charge in [0, 0.05) is 82.7 Å². The van der Waals surface area contributed by atoms with Crippen molar-refractivity contribution in [2.45, 2.75) is 57.3 Å². The Morgan fingerprint density at radius 1 is 0.671 bits per heavy atom. The lowest BCUT2D eigenvalue weighted by Gasteiger charge is -2.47. The van der Waals surface area contributed by atoms with E-state index in [4.69, 9.17) is 59.2 Å². The molecule has 0 atom stereocenters. The SMILES string of the molecule is CN1CCN(CCC(=O)N2CC3(C2)C(=O)N(Cc2nc4cc(Cl)ccc4n2CCCCOCCOCCOCCOCCOCc2cn(CCOCCOCCOCCOCCC(=O)Oc4c(F)c(F)cc(F)c4F)nn2)c2cnccc23)CC1. The van der Waals surface area contributed by atoms with Gasteiger partial charge < -0.3 is 71.5 Å². The van der Waals surface area contributed by atoms with Crippen LogP contribution in [0.4, 0.5) is 23.2 Å². The Balaban J connectivity index is 0.584. The zero-order valence-corrected chi connectivity index (χ0v) is 48.7. The number of likely N-dealkylation sites (tertiary alicyclic amines) is 1. The summed E-state index contributed by atoms with van der Waals surface area (Å²) in [6.07, 6.45) is 6.92. The van der Waals surface area contributed by atoms with Crippen LogP contribution in [-0.2, 0) is 88.7 Å². The number of rotatable bonds is 40. The molecule has 6 heterocycles. The Kier molecular flexibility index (Phi) is 26.0. The van der Waals surface area contributed by atoms with Gasteiger partial charge in [-0.3, -0.25) is 19.4 Å². The molecule has 2 amide bonds. The van der Waals surface area contributed by atoms with Crippen molar-refractivity contribution < 1.29 is 79.3 Å². The maximum absolute atomic E-state index is 14.4. The van der Waals surface area contributed by atoms with Crippen LogP contribution in [0.2, 0.25) is 5.02 Å². The second-order valence-electron chi connectivity index (χ2n) is 20.5. The third kappa shape index (κ3) is 19.1. The highest BCUT2D eigenvalue weighted by molar-refractivity contribution is 6.31. The summed E-state index contributed by atoms with van der Waals surface area (Å²) in [4.78, 5) is 57.1. The van der Waals surface area contributed by atoms with Crippen molar-refractivity contribution in [3.05, 3.63) is 94.3 Å². The molecule has 23 nitrogen and oxygen atoms in total. The minimum atomic E-state index is -1.80. The molecule has 0 bridgehead atoms. The van der Waals surface area contributed by atoms with Crippen molar-refractivity contribution in [2.24, 2.45) is 0 Å². The molecule has 0 unspecified atom stereocenters. The minimum absolute atomic E-state index is 0.0164. The van der Waals surface area contributed by atoms with Crippen LogP contribution in [0.1, 0.15) is 42.8 Å². The van der Waals surface area contributed by atoms with Crippen LogP contribution in [0.25, 0.3) is 11.0 Å². The maximum Gasteiger partial charge on any atom is 0.313 e. The third-order valence-electron chi connectivity index (χ3n) is 14.4. The number of carbonyl (C=O) groups excluding carboxylic acids is 3. The number of likely N-dealkylation sites (N-methyl/N-ethyl adjacent to an activating group) is 1. The largest absolute Gasteiger partial charge is 0.420 e. The van der Waals surface area contributed by atoms with Gasteiger partial charge in [0.25, 0.3) is 0 Å². The smallest absolute Gasteiger partial charge is 0.313 e. The second-order valence-corrected chi connectivity index (χ2v) is 20.9. The highest BCUT2D eigenvalue weighted by Gasteiger charge is 2.59. The number of fused-ring (bicyclic) bond motifs is 3. The minimum Gasteiger partial charge on any atom is -0.420 e. The van der Waals surface area contributed by atoms with E-state index in [0.717, 1.165) is 73.7 Å². The van der Waals surface area contributed by atoms with E-state index in [-0.39, 0.29) is 57.5 Å². The van der Waals surface area contributed by atoms with Gasteiger partial charge in [-0.05, 0) is 49.7 Å². The number of esters is 1. The lowest BCUT2D eigenvalue weighted by atomic mass is 9.74. The summed E-state index contributed by atoms with van der Waals surface area (Å²) in [5, 5.41) is 8.79. The Morgan fingerprint density at radius 3 is 1.92 bits per heavy atom. The molecule has 3 aliphatic heterocycles. The number of amides is 2. The molecular weight excluding hydrogens is 1140 g/mol. The van der Waals surface area contributed by atoms with Gasteiger partial charge in [0.1, 0.15) is 16.9 Å². The van der Waals surface area contributed by atoms with Crippen LogP contribution in [0.15, 0.2) is 48.9 Å². The molecule has 5 aromatic rings. The predicted molar refractivity (Wildman–Crippen MR) is 299 cm³/mol. The topological polar surface area (TPSA) is 218 Å². The number of ether oxygens (including phenoxy) is 10. The number of hydrogen-bond acceptors (Lipinski definition) is 19. The van der Waals surface area contributed by atoms with Gasteiger partial charge in [0.2, 0.25) is 29.2 Å². The summed E-state index contributed by atoms with van der Waals surface area (Å²) in [5.74, 6) is -8.73. The molecule has 1 spiro atoms. The van der Waals surface area contributed by atoms with Crippen molar-refractivity contribution in [3.63, 3.8) is 0 Å². The number of imidazole rings is 1. The highest BCUT2D eigenvalue weighted by Crippen LogP contribution is 2.48. The molecule has 0 N–H and O–H groups in total. The highest BCUT2D eigenvalue weighted by atomic mass is 35.5. The number of piperazine rings is 1. The molecule has 85 heavy (non-hydrogen) atoms. The van der Waals surface area contributed by atoms with E-state index in [0.29, 0.717) is 129 Å². The number of nitrogens with zero attached hydrogens (tertiary/aromatic N) is 10. The number of aryl methyl sites for hydroxylation is 1. The van der Waals surface area contributed by atoms with Gasteiger partial charge in [-0.15, -0.1) is 5.10 Å². The van der Waals surface area contributed by atoms with Crippen LogP contribution in [0.5, 0.6) is 5.75 Å². The molecule has 3 aromatic heterocycles. The van der Waals surface area contributed by atoms with Gasteiger partial charge in [0.05, 0.1) is 161 Å². The zero-order valence-electron chi connectivity index (χ0n) is 47.9. The first-order valence-corrected chi connectivity index (χ1v) is 29.0. The van der Waals surface area contributed by atoms with E-state index in [1.54, 1.807) is 28.2 Å². The summed E-state index contributed by atoms with van der Waals surface area (Å²) in [7, 11) is 2.12. The standard InChI is InChI=1S/C57H75ClF4N10O13/c1-67-12-14-68(15-13-67)11-7-51(73)69-40-57(41-69)44-6-9-63-36-49(44)72(56(57)75)38-50-64-47-34-42(58)4-5-48(47)71(50)10-2-3-17-76-20-23-79-26-29-82-30-31-83-32-33-84-39-43-37-70(66-65-43)16-19-78-22-25-81-28-27-80-24-21-77-18-8-52(74)85-55-53(61)45(59)35-46(60)54(55)62/h4-6,9,34-37H,2-3,7-8,10-33,38-41H2,1H3. The number of unbranched alkanes of at least 4 members (excludes halogenated alkanes) is 1. The number of anilines is 1. The fraction of sp³-hybridized carbons (Fsp3) is 0.596. The second kappa shape index (κ2) is 33.9. The molecule has 2 fully saturated rings. The van der Waals surface area contributed by atoms with Gasteiger partial charge in [-0.25, -0.2) is 18.4 Å². The Hall–Kier alpha value is -5.82. The molecule has 0 radical (unpaired) electrons. The van der Waals surface area contributed by atoms with E-state index in [2.05, 4.69) is 41.4 Å². The van der Waals surface area contributed by atoms with Gasteiger partial charge in [-0.2, -0.15) is 8.78 Å². The first-order chi connectivity index (χ1) is 41.4. The normalized spacial score (nSPS) is 15.2. The lowest BCUT2D eigenvalue weighted by Crippen LogP contribution is -2.65. The van der Waals surface area contributed by atoms with Crippen molar-refractivity contribution in [2.75, 3.05) is 170 Å². The van der Waals surface area contributed by atoms with Crippen LogP contribution < -0.4 is 9.64 Å². The van der Waals surface area contributed by atoms with Crippen LogP contribution in [0.3, 0.4) is 0 Å². The van der Waals surface area contributed by atoms with Crippen molar-refractivity contribution in [1.29, 1.82) is 0 Å². The van der Waals surface area contributed by atoms with E-state index >= 15 is 0 Å². The Labute approximate surface area is 495 Å². The van der Waals surface area contributed by atoms with E-state index in [9.17, 15) is 31.9 Å². The fourth-order valence-electron chi connectivity index (χ4n) is 9.81. The number of halogens is 5. The zero-order chi connectivity index (χ0) is 59.8. The first-order valence-electron chi connectivity index (χ1n) is 28.6. The summed E-state index contributed by atoms with van der Waals surface area (Å²) >= 11 is 6.40. The van der Waals surface area contributed by atoms with Crippen LogP contribution in [0, 0.1) is 23.3 Å². The van der Waals surface area contributed by atoms with Gasteiger partial charge in [0.15, 0.2) is 11.6 Å². The monoisotopic (exact) mass is 1220 g/mol. The number of carbonyl (C=O) groups is 3. The molecule has 2 saturated heterocycles. The number of hydrogen-bond donors (Lipinski definition) is 0. The number of aromatic nitrogens is 6. The summed E-state index contributed by atoms with van der Waals surface area (Å²) in [5.41, 5.74) is 3.25. The van der Waals surface area contributed by atoms with Crippen LogP contribution in [-0.4, -0.2) is 227 Å². The van der Waals surface area contributed by atoms with Crippen molar-refractivity contribution in [3.8, 4) is 5.75 Å². The summed E-state index contributed by atoms with van der Waals surface area (Å²) < 4.78 is 112. The molecular formula is C57H75ClF4N10O13. The molecule has 8 rings (SSSR count). The van der Waals surface area contributed by atoms with E-state index in [1.165, 1.54) is 0 Å². The van der Waals surface area contributed by atoms with Gasteiger partial charge >= 0.3 is 5.97 Å². The quantitative estimate of drug-likeness (QED) is 0.0172. The van der Waals surface area contributed by atoms with Gasteiger partial charge in [-0.1, -0.05) is 16.8 Å². The fourth-order valence-corrected chi connectivity index (χ4v) is 9.97. The summed E-state index contributed by atoms with van der Waals surface area (Å²) in [6, 6.07) is 7.60. The first kappa shape index (κ1) is 65.2. The third-order valence-corrected chi connectivity index (χ3v) is 14.7. The molecule has 3 aliphatic rings. The average molecular weight is 1220 g/mol. The summed E-state index contributed by atoms with van der Waals surface area (Å²) in [6.45, 7) is 12.8. The molecule has 28 heteroatoms. The van der Waals surface area contributed by atoms with Crippen molar-refractivity contribution >= 4 is 46.1 Å². The molecule has 2 aromatic carbocycles. The maximum atomic E-state index is 14.4. The van der Waals surface area contributed by atoms with E-state index in [1.807, 2.05) is 29.2 Å². The average Bonchev–Trinajstić information content (AvgIpc) is 1.61. The Bertz CT molecular complexity index is 2890. The van der Waals surface area contributed by atoms with E-state index < -0.39 is 46.8 Å². The molecule has 0 saturated carbocycles. The number of pyridine rings is 1.